The van der Waals surface area contributed by atoms with Crippen LogP contribution in [0.15, 0.2) is 36.5 Å². The number of aliphatic hydroxyl groups excluding tert-OH is 2. The lowest BCUT2D eigenvalue weighted by Gasteiger charge is -2.20. The van der Waals surface area contributed by atoms with Gasteiger partial charge >= 0.3 is 5.97 Å². The molecule has 0 aliphatic heterocycles. The topological polar surface area (TPSA) is 95.9 Å². The monoisotopic (exact) mass is 816 g/mol. The molecule has 0 aromatic carbocycles. The Bertz CT molecular complexity index is 946. The Balaban J connectivity index is 3.49. The van der Waals surface area contributed by atoms with Gasteiger partial charge in [-0.05, 0) is 64.2 Å². The number of amides is 1. The van der Waals surface area contributed by atoms with E-state index in [-0.39, 0.29) is 18.5 Å². The Morgan fingerprint density at radius 3 is 1.33 bits per heavy atom. The van der Waals surface area contributed by atoms with Crippen molar-refractivity contribution >= 4 is 11.9 Å². The summed E-state index contributed by atoms with van der Waals surface area (Å²) in [5.41, 5.74) is 0. The van der Waals surface area contributed by atoms with E-state index in [1.54, 1.807) is 6.08 Å². The van der Waals surface area contributed by atoms with Gasteiger partial charge in [0.1, 0.15) is 0 Å². The highest BCUT2D eigenvalue weighted by molar-refractivity contribution is 5.76. The van der Waals surface area contributed by atoms with Gasteiger partial charge in [0, 0.05) is 12.8 Å². The van der Waals surface area contributed by atoms with Crippen LogP contribution in [0.1, 0.15) is 258 Å². The van der Waals surface area contributed by atoms with Crippen LogP contribution in [0.3, 0.4) is 0 Å². The van der Waals surface area contributed by atoms with Gasteiger partial charge < -0.3 is 20.3 Å². The molecule has 0 radical (unpaired) electrons. The summed E-state index contributed by atoms with van der Waals surface area (Å²) in [5.74, 6) is -0.113. The predicted octanol–water partition coefficient (Wildman–Crippen LogP) is 14.9. The fraction of sp³-hybridized carbons (Fsp3) is 0.846. The average Bonchev–Trinajstić information content (AvgIpc) is 3.22. The summed E-state index contributed by atoms with van der Waals surface area (Å²) in [7, 11) is 0. The summed E-state index contributed by atoms with van der Waals surface area (Å²) in [6.45, 7) is 4.82. The van der Waals surface area contributed by atoms with E-state index < -0.39 is 12.1 Å². The summed E-state index contributed by atoms with van der Waals surface area (Å²) >= 11 is 0. The molecule has 0 aliphatic carbocycles. The maximum Gasteiger partial charge on any atom is 0.305 e. The molecular weight excluding hydrogens is 719 g/mol. The van der Waals surface area contributed by atoms with Crippen LogP contribution in [0, 0.1) is 0 Å². The summed E-state index contributed by atoms with van der Waals surface area (Å²) in [6, 6.07) is -0.641. The Labute approximate surface area is 360 Å². The molecule has 0 aromatic rings. The second-order valence-electron chi connectivity index (χ2n) is 17.1. The van der Waals surface area contributed by atoms with Crippen LogP contribution in [0.4, 0.5) is 0 Å². The lowest BCUT2D eigenvalue weighted by Crippen LogP contribution is -2.45. The minimum Gasteiger partial charge on any atom is -0.466 e. The normalized spacial score (nSPS) is 13.0. The number of nitrogens with one attached hydrogen (secondary N) is 1. The minimum atomic E-state index is -0.856. The number of carbonyl (C=O) groups is 2. The van der Waals surface area contributed by atoms with Crippen LogP contribution in [0.5, 0.6) is 0 Å². The van der Waals surface area contributed by atoms with Crippen molar-refractivity contribution < 1.29 is 24.5 Å². The molecule has 0 fully saturated rings. The number of unbranched alkanes of at least 4 members (excludes halogenated alkanes) is 31. The van der Waals surface area contributed by atoms with Gasteiger partial charge in [0.2, 0.25) is 5.91 Å². The van der Waals surface area contributed by atoms with Gasteiger partial charge in [-0.15, -0.1) is 0 Å². The second-order valence-corrected chi connectivity index (χ2v) is 17.1. The summed E-state index contributed by atoms with van der Waals surface area (Å²) in [5, 5.41) is 23.0. The van der Waals surface area contributed by atoms with Gasteiger partial charge in [-0.1, -0.05) is 217 Å². The number of aliphatic hydroxyl groups is 2. The Kier molecular flexibility index (Phi) is 46.2. The Morgan fingerprint density at radius 2 is 0.862 bits per heavy atom. The van der Waals surface area contributed by atoms with E-state index in [0.29, 0.717) is 19.4 Å². The van der Waals surface area contributed by atoms with Gasteiger partial charge in [0.25, 0.3) is 0 Å². The zero-order valence-electron chi connectivity index (χ0n) is 38.5. The maximum absolute atomic E-state index is 12.4. The van der Waals surface area contributed by atoms with Gasteiger partial charge in [0.05, 0.1) is 25.4 Å². The average molecular weight is 816 g/mol. The molecule has 58 heavy (non-hydrogen) atoms. The van der Waals surface area contributed by atoms with Crippen LogP contribution in [0.2, 0.25) is 0 Å². The van der Waals surface area contributed by atoms with E-state index in [9.17, 15) is 19.8 Å². The first-order valence-corrected chi connectivity index (χ1v) is 25.3. The first-order chi connectivity index (χ1) is 28.5. The molecule has 0 aliphatic rings. The van der Waals surface area contributed by atoms with E-state index in [2.05, 4.69) is 43.5 Å². The highest BCUT2D eigenvalue weighted by Crippen LogP contribution is 2.15. The van der Waals surface area contributed by atoms with Crippen molar-refractivity contribution in [3.63, 3.8) is 0 Å². The first kappa shape index (κ1) is 56.1. The van der Waals surface area contributed by atoms with Crippen LogP contribution in [0.25, 0.3) is 0 Å². The molecule has 1 amide bonds. The van der Waals surface area contributed by atoms with Crippen LogP contribution < -0.4 is 5.32 Å². The third-order valence-electron chi connectivity index (χ3n) is 11.4. The van der Waals surface area contributed by atoms with Gasteiger partial charge in [0.15, 0.2) is 0 Å². The van der Waals surface area contributed by atoms with Crippen molar-refractivity contribution in [3.8, 4) is 0 Å². The lowest BCUT2D eigenvalue weighted by atomic mass is 10.0. The molecule has 6 nitrogen and oxygen atoms in total. The molecule has 0 spiro atoms. The SMILES string of the molecule is CCCCCC/C=C\C/C=C\CCCCCCCCCC(=O)OCCCCCCCCCCCCCC(=O)NC(CO)C(O)/C=C/CCCCCCCCCCCC. The minimum absolute atomic E-state index is 0.0236. The zero-order chi connectivity index (χ0) is 42.3. The van der Waals surface area contributed by atoms with Crippen molar-refractivity contribution in [1.82, 2.24) is 5.32 Å². The zero-order valence-corrected chi connectivity index (χ0v) is 38.5. The molecular formula is C52H97NO5. The Hall–Kier alpha value is -1.92. The lowest BCUT2D eigenvalue weighted by molar-refractivity contribution is -0.143. The number of hydrogen-bond acceptors (Lipinski definition) is 5. The molecule has 340 valence electrons. The molecule has 6 heteroatoms. The van der Waals surface area contributed by atoms with Crippen molar-refractivity contribution in [2.24, 2.45) is 0 Å². The molecule has 0 saturated carbocycles. The van der Waals surface area contributed by atoms with Gasteiger partial charge in [-0.2, -0.15) is 0 Å². The smallest absolute Gasteiger partial charge is 0.305 e. The molecule has 2 unspecified atom stereocenters. The van der Waals surface area contributed by atoms with E-state index in [4.69, 9.17) is 4.74 Å². The second kappa shape index (κ2) is 47.8. The third kappa shape index (κ3) is 43.7. The summed E-state index contributed by atoms with van der Waals surface area (Å²) < 4.78 is 5.46. The Morgan fingerprint density at radius 1 is 0.483 bits per heavy atom. The van der Waals surface area contributed by atoms with Crippen molar-refractivity contribution in [3.05, 3.63) is 36.5 Å². The van der Waals surface area contributed by atoms with Crippen molar-refractivity contribution in [2.45, 2.75) is 270 Å². The number of esters is 1. The molecule has 3 N–H and O–H groups in total. The van der Waals surface area contributed by atoms with Crippen LogP contribution in [-0.4, -0.2) is 47.4 Å². The number of rotatable bonds is 46. The number of hydrogen-bond donors (Lipinski definition) is 3. The standard InChI is InChI=1S/C52H97NO5/c1-3-5-7-9-11-13-15-17-18-19-20-21-22-26-30-34-38-42-46-52(57)58-47-43-39-35-31-27-23-25-29-33-37-41-45-51(56)53-49(48-54)50(55)44-40-36-32-28-24-16-14-12-10-8-6-4-2/h13,15,18-19,40,44,49-50,54-55H,3-12,14,16-17,20-39,41-43,45-48H2,1-2H3,(H,53,56)/b15-13-,19-18-,44-40+. The van der Waals surface area contributed by atoms with Crippen LogP contribution in [-0.2, 0) is 14.3 Å². The fourth-order valence-electron chi connectivity index (χ4n) is 7.49. The van der Waals surface area contributed by atoms with Gasteiger partial charge in [-0.25, -0.2) is 0 Å². The summed E-state index contributed by atoms with van der Waals surface area (Å²) in [4.78, 5) is 24.4. The van der Waals surface area contributed by atoms with E-state index in [1.165, 1.54) is 167 Å². The van der Waals surface area contributed by atoms with E-state index in [1.807, 2.05) is 6.08 Å². The van der Waals surface area contributed by atoms with Crippen LogP contribution >= 0.6 is 0 Å². The number of ether oxygens (including phenoxy) is 1. The largest absolute Gasteiger partial charge is 0.466 e. The quantitative estimate of drug-likeness (QED) is 0.0323. The molecule has 0 rings (SSSR count). The molecule has 2 atom stereocenters. The van der Waals surface area contributed by atoms with Crippen molar-refractivity contribution in [1.29, 1.82) is 0 Å². The van der Waals surface area contributed by atoms with E-state index in [0.717, 1.165) is 64.2 Å². The molecule has 0 saturated heterocycles. The highest BCUT2D eigenvalue weighted by Gasteiger charge is 2.18. The number of carbonyl (C=O) groups excluding carboxylic acids is 2. The molecule has 0 heterocycles. The molecule has 0 bridgehead atoms. The highest BCUT2D eigenvalue weighted by atomic mass is 16.5. The number of allylic oxidation sites excluding steroid dienone is 5. The maximum atomic E-state index is 12.4. The summed E-state index contributed by atoms with van der Waals surface area (Å²) in [6.07, 6.45) is 57.1. The first-order valence-electron chi connectivity index (χ1n) is 25.3. The fourth-order valence-corrected chi connectivity index (χ4v) is 7.49. The molecule has 0 aromatic heterocycles. The third-order valence-corrected chi connectivity index (χ3v) is 11.4. The van der Waals surface area contributed by atoms with Gasteiger partial charge in [-0.3, -0.25) is 9.59 Å². The predicted molar refractivity (Wildman–Crippen MR) is 250 cm³/mol. The van der Waals surface area contributed by atoms with E-state index >= 15 is 0 Å². The van der Waals surface area contributed by atoms with Crippen molar-refractivity contribution in [2.75, 3.05) is 13.2 Å².